The van der Waals surface area contributed by atoms with Gasteiger partial charge in [0.05, 0.1) is 6.04 Å². The molecular formula is C23H19N3O2. The van der Waals surface area contributed by atoms with Crippen LogP contribution >= 0.6 is 0 Å². The third kappa shape index (κ3) is 4.10. The van der Waals surface area contributed by atoms with Gasteiger partial charge in [-0.3, -0.25) is 5.32 Å². The number of benzene rings is 3. The maximum Gasteiger partial charge on any atom is 0.321 e. The lowest BCUT2D eigenvalue weighted by atomic mass is 9.99. The van der Waals surface area contributed by atoms with E-state index in [1.54, 1.807) is 6.07 Å². The van der Waals surface area contributed by atoms with Crippen LogP contribution in [0, 0.1) is 0 Å². The van der Waals surface area contributed by atoms with Crippen LogP contribution in [0.15, 0.2) is 102 Å². The quantitative estimate of drug-likeness (QED) is 0.505. The lowest BCUT2D eigenvalue weighted by Gasteiger charge is -2.19. The third-order valence-electron chi connectivity index (χ3n) is 4.35. The van der Waals surface area contributed by atoms with Crippen LogP contribution in [-0.2, 0) is 0 Å². The van der Waals surface area contributed by atoms with Gasteiger partial charge in [-0.25, -0.2) is 4.79 Å². The molecule has 0 fully saturated rings. The molecule has 2 amide bonds. The summed E-state index contributed by atoms with van der Waals surface area (Å²) in [6.07, 6.45) is 0. The predicted molar refractivity (Wildman–Crippen MR) is 109 cm³/mol. The number of hydrogen-bond donors (Lipinski definition) is 2. The first-order chi connectivity index (χ1) is 13.8. The minimum atomic E-state index is -0.356. The van der Waals surface area contributed by atoms with E-state index in [0.717, 1.165) is 16.7 Å². The summed E-state index contributed by atoms with van der Waals surface area (Å²) >= 11 is 0. The van der Waals surface area contributed by atoms with E-state index in [1.807, 2.05) is 91.0 Å². The van der Waals surface area contributed by atoms with Crippen LogP contribution in [0.2, 0.25) is 0 Å². The molecule has 1 heterocycles. The molecule has 0 saturated carbocycles. The van der Waals surface area contributed by atoms with Crippen LogP contribution in [0.5, 0.6) is 0 Å². The fourth-order valence-corrected chi connectivity index (χ4v) is 3.01. The molecule has 3 aromatic carbocycles. The van der Waals surface area contributed by atoms with Gasteiger partial charge in [0.2, 0.25) is 0 Å². The Hall–Kier alpha value is -3.86. The van der Waals surface area contributed by atoms with E-state index in [4.69, 9.17) is 4.52 Å². The number of carbonyl (C=O) groups excluding carboxylic acids is 1. The number of amides is 2. The molecule has 1 aromatic heterocycles. The largest absolute Gasteiger partial charge is 0.354 e. The molecule has 0 bridgehead atoms. The lowest BCUT2D eigenvalue weighted by Crippen LogP contribution is -2.33. The van der Waals surface area contributed by atoms with E-state index in [9.17, 15) is 4.79 Å². The molecule has 0 atom stereocenters. The summed E-state index contributed by atoms with van der Waals surface area (Å²) in [7, 11) is 0. The highest BCUT2D eigenvalue weighted by Gasteiger charge is 2.17. The first-order valence-electron chi connectivity index (χ1n) is 8.99. The van der Waals surface area contributed by atoms with E-state index < -0.39 is 0 Å². The van der Waals surface area contributed by atoms with Crippen molar-refractivity contribution in [2.24, 2.45) is 0 Å². The second-order valence-corrected chi connectivity index (χ2v) is 6.30. The number of carbonyl (C=O) groups is 1. The van der Waals surface area contributed by atoms with Crippen LogP contribution in [0.4, 0.5) is 10.6 Å². The fraction of sp³-hybridized carbons (Fsp3) is 0.0435. The minimum Gasteiger partial charge on any atom is -0.354 e. The maximum atomic E-state index is 12.6. The summed E-state index contributed by atoms with van der Waals surface area (Å²) < 4.78 is 5.33. The van der Waals surface area contributed by atoms with Crippen molar-refractivity contribution in [3.05, 3.63) is 108 Å². The van der Waals surface area contributed by atoms with Crippen molar-refractivity contribution in [2.45, 2.75) is 6.04 Å². The summed E-state index contributed by atoms with van der Waals surface area (Å²) in [5.74, 6) is 0.954. The first-order valence-corrected chi connectivity index (χ1v) is 8.99. The summed E-state index contributed by atoms with van der Waals surface area (Å²) in [6.45, 7) is 0. The number of aromatic nitrogens is 1. The molecule has 5 nitrogen and oxygen atoms in total. The molecule has 4 rings (SSSR count). The van der Waals surface area contributed by atoms with Gasteiger partial charge in [0, 0.05) is 11.6 Å². The average molecular weight is 369 g/mol. The topological polar surface area (TPSA) is 67.2 Å². The molecule has 0 saturated heterocycles. The van der Waals surface area contributed by atoms with Crippen LogP contribution in [0.25, 0.3) is 11.3 Å². The third-order valence-corrected chi connectivity index (χ3v) is 4.35. The Kier molecular flexibility index (Phi) is 5.15. The van der Waals surface area contributed by atoms with Crippen molar-refractivity contribution in [3.63, 3.8) is 0 Å². The monoisotopic (exact) mass is 369 g/mol. The van der Waals surface area contributed by atoms with Crippen LogP contribution in [0.3, 0.4) is 0 Å². The molecule has 0 spiro atoms. The second-order valence-electron chi connectivity index (χ2n) is 6.30. The molecule has 0 aliphatic heterocycles. The van der Waals surface area contributed by atoms with Gasteiger partial charge in [-0.2, -0.15) is 0 Å². The molecule has 138 valence electrons. The van der Waals surface area contributed by atoms with Gasteiger partial charge in [-0.1, -0.05) is 96.2 Å². The molecule has 0 aliphatic rings. The van der Waals surface area contributed by atoms with E-state index in [1.165, 1.54) is 0 Å². The average Bonchev–Trinajstić information content (AvgIpc) is 3.22. The zero-order valence-corrected chi connectivity index (χ0v) is 15.1. The summed E-state index contributed by atoms with van der Waals surface area (Å²) in [5.41, 5.74) is 2.89. The van der Waals surface area contributed by atoms with Crippen molar-refractivity contribution >= 4 is 11.8 Å². The van der Waals surface area contributed by atoms with E-state index >= 15 is 0 Å². The highest BCUT2D eigenvalue weighted by Crippen LogP contribution is 2.24. The van der Waals surface area contributed by atoms with Gasteiger partial charge < -0.3 is 9.84 Å². The van der Waals surface area contributed by atoms with Crippen molar-refractivity contribution in [3.8, 4) is 11.3 Å². The molecule has 5 heteroatoms. The number of nitrogens with one attached hydrogen (secondary N) is 2. The molecule has 4 aromatic rings. The zero-order valence-electron chi connectivity index (χ0n) is 15.1. The van der Waals surface area contributed by atoms with Crippen LogP contribution in [0.1, 0.15) is 17.2 Å². The number of hydrogen-bond acceptors (Lipinski definition) is 3. The highest BCUT2D eigenvalue weighted by molar-refractivity contribution is 5.89. The Bertz CT molecular complexity index is 992. The van der Waals surface area contributed by atoms with Crippen molar-refractivity contribution in [2.75, 3.05) is 5.32 Å². The first kappa shape index (κ1) is 17.5. The number of rotatable bonds is 5. The smallest absolute Gasteiger partial charge is 0.321 e. The Labute approximate surface area is 163 Å². The van der Waals surface area contributed by atoms with Crippen LogP contribution in [-0.4, -0.2) is 11.2 Å². The molecule has 0 radical (unpaired) electrons. The summed E-state index contributed by atoms with van der Waals surface area (Å²) in [6, 6.07) is 30.3. The highest BCUT2D eigenvalue weighted by atomic mass is 16.5. The Morgan fingerprint density at radius 2 is 1.32 bits per heavy atom. The van der Waals surface area contributed by atoms with Crippen molar-refractivity contribution in [1.82, 2.24) is 10.5 Å². The van der Waals surface area contributed by atoms with Gasteiger partial charge in [0.15, 0.2) is 11.6 Å². The van der Waals surface area contributed by atoms with E-state index in [2.05, 4.69) is 15.8 Å². The van der Waals surface area contributed by atoms with Gasteiger partial charge >= 0.3 is 6.03 Å². The molecule has 0 unspecified atom stereocenters. The van der Waals surface area contributed by atoms with Gasteiger partial charge in [-0.05, 0) is 11.1 Å². The van der Waals surface area contributed by atoms with Crippen molar-refractivity contribution < 1.29 is 9.32 Å². The SMILES string of the molecule is O=C(Nc1cc(-c2ccccc2)on1)NC(c1ccccc1)c1ccccc1. The standard InChI is InChI=1S/C23H19N3O2/c27-23(24-21-16-20(28-26-21)17-10-4-1-5-11-17)25-22(18-12-6-2-7-13-18)19-14-8-3-9-15-19/h1-16,22H,(H2,24,25,26,27). The van der Waals surface area contributed by atoms with Gasteiger partial charge in [0.25, 0.3) is 0 Å². The maximum absolute atomic E-state index is 12.6. The normalized spacial score (nSPS) is 10.6. The van der Waals surface area contributed by atoms with Crippen molar-refractivity contribution in [1.29, 1.82) is 0 Å². The zero-order chi connectivity index (χ0) is 19.2. The molecular weight excluding hydrogens is 350 g/mol. The summed E-state index contributed by atoms with van der Waals surface area (Å²) in [5, 5.41) is 9.70. The van der Waals surface area contributed by atoms with E-state index in [-0.39, 0.29) is 12.1 Å². The molecule has 2 N–H and O–H groups in total. The number of nitrogens with zero attached hydrogens (tertiary/aromatic N) is 1. The van der Waals surface area contributed by atoms with E-state index in [0.29, 0.717) is 11.6 Å². The Balaban J connectivity index is 1.50. The Morgan fingerprint density at radius 3 is 1.89 bits per heavy atom. The fourth-order valence-electron chi connectivity index (χ4n) is 3.01. The molecule has 28 heavy (non-hydrogen) atoms. The second kappa shape index (κ2) is 8.22. The van der Waals surface area contributed by atoms with Gasteiger partial charge in [-0.15, -0.1) is 0 Å². The number of urea groups is 1. The lowest BCUT2D eigenvalue weighted by molar-refractivity contribution is 0.250. The Morgan fingerprint density at radius 1 is 0.786 bits per heavy atom. The van der Waals surface area contributed by atoms with Crippen LogP contribution < -0.4 is 10.6 Å². The molecule has 0 aliphatic carbocycles. The minimum absolute atomic E-state index is 0.275. The van der Waals surface area contributed by atoms with Gasteiger partial charge in [0.1, 0.15) is 0 Å². The number of anilines is 1. The predicted octanol–water partition coefficient (Wildman–Crippen LogP) is 5.25. The summed E-state index contributed by atoms with van der Waals surface area (Å²) in [4.78, 5) is 12.6.